The number of carbonyl (C=O) groups is 3. The Hall–Kier alpha value is -2.67. The second kappa shape index (κ2) is 9.32. The molecule has 1 heterocycles. The van der Waals surface area contributed by atoms with Crippen LogP contribution < -0.4 is 10.6 Å². The molecule has 0 fully saturated rings. The number of carbonyl (C=O) groups excluding carboxylic acids is 3. The second-order valence-corrected chi connectivity index (χ2v) is 7.55. The predicted molar refractivity (Wildman–Crippen MR) is 106 cm³/mol. The highest BCUT2D eigenvalue weighted by Crippen LogP contribution is 2.13. The van der Waals surface area contributed by atoms with Gasteiger partial charge in [0.1, 0.15) is 6.04 Å². The molecule has 1 aromatic carbocycles. The number of hydrogen-bond acceptors (Lipinski definition) is 5. The first-order valence-electron chi connectivity index (χ1n) is 8.70. The smallest absolute Gasteiger partial charge is 0.329 e. The van der Waals surface area contributed by atoms with Gasteiger partial charge in [-0.3, -0.25) is 9.59 Å². The highest BCUT2D eigenvalue weighted by Gasteiger charge is 2.29. The topological polar surface area (TPSA) is 84.5 Å². The predicted octanol–water partition coefficient (Wildman–Crippen LogP) is 3.38. The molecule has 0 radical (unpaired) electrons. The fraction of sp³-hybridized carbons (Fsp3) is 0.350. The van der Waals surface area contributed by atoms with Crippen LogP contribution in [0.5, 0.6) is 0 Å². The zero-order chi connectivity index (χ0) is 20.0. The molecule has 7 heteroatoms. The van der Waals surface area contributed by atoms with E-state index in [2.05, 4.69) is 10.6 Å². The van der Waals surface area contributed by atoms with Gasteiger partial charge in [0.15, 0.2) is 6.10 Å². The zero-order valence-electron chi connectivity index (χ0n) is 15.8. The lowest BCUT2D eigenvalue weighted by molar-refractivity contribution is -0.156. The summed E-state index contributed by atoms with van der Waals surface area (Å²) in [6, 6.07) is 9.91. The maximum atomic E-state index is 12.5. The lowest BCUT2D eigenvalue weighted by atomic mass is 10.0. The Kier molecular flexibility index (Phi) is 7.12. The van der Waals surface area contributed by atoms with Gasteiger partial charge in [0.05, 0.1) is 4.88 Å². The Balaban J connectivity index is 1.95. The van der Waals surface area contributed by atoms with Gasteiger partial charge >= 0.3 is 5.97 Å². The number of aryl methyl sites for hydroxylation is 1. The van der Waals surface area contributed by atoms with Crippen LogP contribution in [-0.4, -0.2) is 29.9 Å². The van der Waals surface area contributed by atoms with Crippen LogP contribution in [0.3, 0.4) is 0 Å². The number of thiophene rings is 1. The summed E-state index contributed by atoms with van der Waals surface area (Å²) < 4.78 is 5.29. The number of amides is 2. The van der Waals surface area contributed by atoms with Crippen LogP contribution in [0.4, 0.5) is 5.69 Å². The quantitative estimate of drug-likeness (QED) is 0.712. The summed E-state index contributed by atoms with van der Waals surface area (Å²) in [4.78, 5) is 37.5. The number of esters is 1. The first-order chi connectivity index (χ1) is 12.8. The third kappa shape index (κ3) is 5.92. The number of benzene rings is 1. The van der Waals surface area contributed by atoms with Crippen LogP contribution >= 0.6 is 11.3 Å². The average Bonchev–Trinajstić information content (AvgIpc) is 3.15. The molecule has 144 valence electrons. The summed E-state index contributed by atoms with van der Waals surface area (Å²) >= 11 is 1.29. The van der Waals surface area contributed by atoms with E-state index in [4.69, 9.17) is 4.74 Å². The molecule has 0 aliphatic rings. The average molecular weight is 388 g/mol. The van der Waals surface area contributed by atoms with Crippen molar-refractivity contribution in [2.75, 3.05) is 5.32 Å². The minimum atomic E-state index is -0.987. The van der Waals surface area contributed by atoms with Crippen LogP contribution in [0.1, 0.15) is 36.0 Å². The van der Waals surface area contributed by atoms with Crippen LogP contribution in [0.15, 0.2) is 41.8 Å². The van der Waals surface area contributed by atoms with E-state index in [0.29, 0.717) is 10.6 Å². The van der Waals surface area contributed by atoms with E-state index in [9.17, 15) is 14.4 Å². The molecular weight excluding hydrogens is 364 g/mol. The third-order valence-corrected chi connectivity index (χ3v) is 4.80. The molecule has 2 amide bonds. The molecule has 6 nitrogen and oxygen atoms in total. The molecule has 0 aliphatic heterocycles. The van der Waals surface area contributed by atoms with Crippen LogP contribution in [0.2, 0.25) is 0 Å². The summed E-state index contributed by atoms with van der Waals surface area (Å²) in [5, 5.41) is 7.17. The fourth-order valence-electron chi connectivity index (χ4n) is 2.30. The molecule has 1 aromatic heterocycles. The summed E-state index contributed by atoms with van der Waals surface area (Å²) in [5.41, 5.74) is 1.70. The van der Waals surface area contributed by atoms with Gasteiger partial charge in [-0.1, -0.05) is 37.6 Å². The Morgan fingerprint density at radius 3 is 2.26 bits per heavy atom. The Morgan fingerprint density at radius 1 is 1.04 bits per heavy atom. The van der Waals surface area contributed by atoms with Crippen molar-refractivity contribution in [2.24, 2.45) is 5.92 Å². The summed E-state index contributed by atoms with van der Waals surface area (Å²) in [6.45, 7) is 7.06. The molecule has 2 aromatic rings. The van der Waals surface area contributed by atoms with Gasteiger partial charge in [-0.05, 0) is 43.3 Å². The molecule has 0 spiro atoms. The number of ether oxygens (including phenoxy) is 1. The minimum absolute atomic E-state index is 0.186. The van der Waals surface area contributed by atoms with E-state index in [1.54, 1.807) is 43.5 Å². The summed E-state index contributed by atoms with van der Waals surface area (Å²) in [6.07, 6.45) is -0.987. The van der Waals surface area contributed by atoms with Gasteiger partial charge in [-0.15, -0.1) is 11.3 Å². The van der Waals surface area contributed by atoms with Crippen LogP contribution in [0, 0.1) is 12.8 Å². The van der Waals surface area contributed by atoms with Gasteiger partial charge in [0, 0.05) is 5.69 Å². The monoisotopic (exact) mass is 388 g/mol. The van der Waals surface area contributed by atoms with Crippen molar-refractivity contribution in [3.05, 3.63) is 52.2 Å². The second-order valence-electron chi connectivity index (χ2n) is 6.61. The molecule has 0 unspecified atom stereocenters. The van der Waals surface area contributed by atoms with Gasteiger partial charge in [-0.2, -0.15) is 0 Å². The van der Waals surface area contributed by atoms with Crippen molar-refractivity contribution in [2.45, 2.75) is 39.8 Å². The van der Waals surface area contributed by atoms with E-state index in [1.165, 1.54) is 18.3 Å². The normalized spacial score (nSPS) is 12.9. The van der Waals surface area contributed by atoms with Crippen LogP contribution in [-0.2, 0) is 14.3 Å². The maximum absolute atomic E-state index is 12.5. The molecular formula is C20H24N2O4S. The lowest BCUT2D eigenvalue weighted by Crippen LogP contribution is -2.47. The molecule has 2 N–H and O–H groups in total. The largest absolute Gasteiger partial charge is 0.451 e. The third-order valence-electron chi connectivity index (χ3n) is 3.93. The molecule has 0 saturated carbocycles. The highest BCUT2D eigenvalue weighted by atomic mass is 32.1. The molecule has 27 heavy (non-hydrogen) atoms. The lowest BCUT2D eigenvalue weighted by Gasteiger charge is -2.22. The van der Waals surface area contributed by atoms with Gasteiger partial charge in [-0.25, -0.2) is 4.79 Å². The minimum Gasteiger partial charge on any atom is -0.451 e. The van der Waals surface area contributed by atoms with Crippen molar-refractivity contribution in [1.82, 2.24) is 5.32 Å². The summed E-state index contributed by atoms with van der Waals surface area (Å²) in [5.74, 6) is -1.59. The van der Waals surface area contributed by atoms with Crippen molar-refractivity contribution in [3.8, 4) is 0 Å². The van der Waals surface area contributed by atoms with Gasteiger partial charge < -0.3 is 15.4 Å². The molecule has 2 atom stereocenters. The van der Waals surface area contributed by atoms with Crippen molar-refractivity contribution >= 4 is 34.8 Å². The standard InChI is InChI=1S/C20H24N2O4S/c1-12(2)17(22-19(24)16-6-5-11-27-16)20(25)26-14(4)18(23)21-15-9-7-13(3)8-10-15/h5-12,14,17H,1-4H3,(H,21,23)(H,22,24)/t14-,17-/m1/s1. The number of hydrogen-bond donors (Lipinski definition) is 2. The molecule has 2 rings (SSSR count). The first kappa shape index (κ1) is 20.6. The van der Waals surface area contributed by atoms with Crippen LogP contribution in [0.25, 0.3) is 0 Å². The number of anilines is 1. The highest BCUT2D eigenvalue weighted by molar-refractivity contribution is 7.12. The summed E-state index contributed by atoms with van der Waals surface area (Å²) in [7, 11) is 0. The van der Waals surface area contributed by atoms with Crippen molar-refractivity contribution in [1.29, 1.82) is 0 Å². The molecule has 0 bridgehead atoms. The van der Waals surface area contributed by atoms with Crippen molar-refractivity contribution < 1.29 is 19.1 Å². The zero-order valence-corrected chi connectivity index (χ0v) is 16.6. The molecule has 0 aliphatic carbocycles. The molecule has 0 saturated heterocycles. The van der Waals surface area contributed by atoms with Gasteiger partial charge in [0.25, 0.3) is 11.8 Å². The Bertz CT molecular complexity index is 785. The van der Waals surface area contributed by atoms with Crippen molar-refractivity contribution in [3.63, 3.8) is 0 Å². The number of rotatable bonds is 7. The van der Waals surface area contributed by atoms with E-state index in [0.717, 1.165) is 5.56 Å². The van der Waals surface area contributed by atoms with Gasteiger partial charge in [0.2, 0.25) is 0 Å². The fourth-order valence-corrected chi connectivity index (χ4v) is 2.93. The van der Waals surface area contributed by atoms with E-state index >= 15 is 0 Å². The maximum Gasteiger partial charge on any atom is 0.329 e. The van der Waals surface area contributed by atoms with E-state index < -0.39 is 24.0 Å². The Labute approximate surface area is 162 Å². The van der Waals surface area contributed by atoms with E-state index in [1.807, 2.05) is 19.1 Å². The SMILES string of the molecule is Cc1ccc(NC(=O)[C@@H](C)OC(=O)[C@H](NC(=O)c2cccs2)C(C)C)cc1. The Morgan fingerprint density at radius 2 is 1.70 bits per heavy atom. The number of nitrogens with one attached hydrogen (secondary N) is 2. The first-order valence-corrected chi connectivity index (χ1v) is 9.58. The van der Waals surface area contributed by atoms with E-state index in [-0.39, 0.29) is 11.8 Å².